The lowest BCUT2D eigenvalue weighted by Gasteiger charge is -2.06. The van der Waals surface area contributed by atoms with E-state index >= 15 is 0 Å². The van der Waals surface area contributed by atoms with E-state index in [-0.39, 0.29) is 15.5 Å². The number of halogens is 7. The molecule has 0 saturated carbocycles. The van der Waals surface area contributed by atoms with Crippen LogP contribution >= 0.6 is 33.5 Å². The number of hydrogen-bond donors (Lipinski definition) is 1. The molecule has 0 aromatic carbocycles. The molecule has 0 aromatic heterocycles. The summed E-state index contributed by atoms with van der Waals surface area (Å²) in [6, 6.07) is 0. The topological polar surface area (TPSA) is 29.1 Å². The van der Waals surface area contributed by atoms with Gasteiger partial charge >= 0.3 is 11.0 Å². The zero-order valence-electron chi connectivity index (χ0n) is 6.28. The number of carbonyl (C=O) groups is 1. The van der Waals surface area contributed by atoms with Crippen LogP contribution in [0.3, 0.4) is 0 Å². The van der Waals surface area contributed by atoms with Gasteiger partial charge < -0.3 is 4.70 Å². The summed E-state index contributed by atoms with van der Waals surface area (Å²) in [7, 11) is -1.14. The molecule has 0 bridgehead atoms. The predicted octanol–water partition coefficient (Wildman–Crippen LogP) is 0.769. The van der Waals surface area contributed by atoms with Crippen LogP contribution in [0.15, 0.2) is 0 Å². The van der Waals surface area contributed by atoms with Crippen molar-refractivity contribution in [2.24, 2.45) is 0 Å². The first-order valence-corrected chi connectivity index (χ1v) is 5.54. The van der Waals surface area contributed by atoms with E-state index in [0.29, 0.717) is 0 Å². The van der Waals surface area contributed by atoms with Crippen molar-refractivity contribution in [1.82, 2.24) is 4.72 Å². The second-order valence-corrected chi connectivity index (χ2v) is 4.59. The number of alkyl halides is 6. The van der Waals surface area contributed by atoms with E-state index in [1.807, 2.05) is 0 Å². The van der Waals surface area contributed by atoms with Crippen molar-refractivity contribution in [3.63, 3.8) is 0 Å². The van der Waals surface area contributed by atoms with Crippen molar-refractivity contribution in [3.8, 4) is 0 Å². The quantitative estimate of drug-likeness (QED) is 0.463. The average Bonchev–Trinajstić information content (AvgIpc) is 1.94. The SMILES string of the molecule is O=C(NSC(F)(F)F)SSC(F)(F)F.[F-]. The first-order valence-electron chi connectivity index (χ1n) is 2.57. The second kappa shape index (κ2) is 6.58. The third-order valence-electron chi connectivity index (χ3n) is 0.462. The molecule has 1 amide bonds. The molecule has 0 spiro atoms. The Morgan fingerprint density at radius 1 is 1.00 bits per heavy atom. The summed E-state index contributed by atoms with van der Waals surface area (Å²) in [5.74, 6) is 0. The monoisotopic (exact) mass is 296 g/mol. The van der Waals surface area contributed by atoms with Crippen LogP contribution in [-0.2, 0) is 0 Å². The van der Waals surface area contributed by atoms with Crippen LogP contribution in [0.5, 0.6) is 0 Å². The number of nitrogens with one attached hydrogen (secondary N) is 1. The van der Waals surface area contributed by atoms with E-state index in [9.17, 15) is 31.1 Å². The Hall–Kier alpha value is 0.0300. The molecule has 0 aliphatic heterocycles. The first kappa shape index (κ1) is 17.4. The maximum atomic E-state index is 11.4. The lowest BCUT2D eigenvalue weighted by Crippen LogP contribution is -3.00. The van der Waals surface area contributed by atoms with Crippen molar-refractivity contribution in [2.45, 2.75) is 11.0 Å². The summed E-state index contributed by atoms with van der Waals surface area (Å²) in [5, 5.41) is -1.42. The van der Waals surface area contributed by atoms with Gasteiger partial charge in [-0.2, -0.15) is 26.3 Å². The van der Waals surface area contributed by atoms with Gasteiger partial charge in [-0.1, -0.05) is 0 Å². The summed E-state index contributed by atoms with van der Waals surface area (Å²) < 4.78 is 69.7. The molecule has 0 atom stereocenters. The number of carbonyl (C=O) groups excluding carboxylic acids is 1. The van der Waals surface area contributed by atoms with Gasteiger partial charge in [-0.25, -0.2) is 0 Å². The van der Waals surface area contributed by atoms with Crippen LogP contribution in [0.4, 0.5) is 31.1 Å². The molecule has 0 radical (unpaired) electrons. The molecule has 2 nitrogen and oxygen atoms in total. The van der Waals surface area contributed by atoms with Crippen LogP contribution in [0.1, 0.15) is 0 Å². The van der Waals surface area contributed by atoms with Crippen molar-refractivity contribution >= 4 is 38.8 Å². The Morgan fingerprint density at radius 3 is 1.80 bits per heavy atom. The normalized spacial score (nSPS) is 11.9. The van der Waals surface area contributed by atoms with Gasteiger partial charge in [0, 0.05) is 21.6 Å². The zero-order chi connectivity index (χ0) is 11.4. The molecule has 0 aromatic rings. The van der Waals surface area contributed by atoms with Crippen molar-refractivity contribution < 1.29 is 35.8 Å². The van der Waals surface area contributed by atoms with Crippen molar-refractivity contribution in [2.75, 3.05) is 0 Å². The number of rotatable bonds is 2. The minimum atomic E-state index is -4.71. The van der Waals surface area contributed by atoms with Gasteiger partial charge in [0.1, 0.15) is 0 Å². The molecule has 0 unspecified atom stereocenters. The summed E-state index contributed by atoms with van der Waals surface area (Å²) in [6.45, 7) is 0. The molecule has 0 aliphatic carbocycles. The molecular formula is C3HF7NOS3-. The third kappa shape index (κ3) is 14.0. The van der Waals surface area contributed by atoms with Gasteiger partial charge in [-0.05, 0) is 0 Å². The standard InChI is InChI=1S/C3HF6NOS3.FH/c4-2(5,6)13-10-1(11)12-14-3(7,8)9;/h(H,10,11);1H/p-1. The van der Waals surface area contributed by atoms with E-state index < -0.39 is 39.0 Å². The molecule has 1 N–H and O–H groups in total. The summed E-state index contributed by atoms with van der Waals surface area (Å²) in [5.41, 5.74) is -9.37. The molecule has 15 heavy (non-hydrogen) atoms. The summed E-state index contributed by atoms with van der Waals surface area (Å²) in [4.78, 5) is 10.3. The van der Waals surface area contributed by atoms with Gasteiger partial charge in [-0.3, -0.25) is 9.52 Å². The van der Waals surface area contributed by atoms with Gasteiger partial charge in [0.25, 0.3) is 5.24 Å². The highest BCUT2D eigenvalue weighted by molar-refractivity contribution is 8.82. The predicted molar refractivity (Wildman–Crippen MR) is 43.4 cm³/mol. The highest BCUT2D eigenvalue weighted by Gasteiger charge is 2.33. The van der Waals surface area contributed by atoms with E-state index in [1.54, 1.807) is 0 Å². The minimum absolute atomic E-state index is 0. The highest BCUT2D eigenvalue weighted by atomic mass is 33.1. The molecule has 0 rings (SSSR count). The van der Waals surface area contributed by atoms with Gasteiger partial charge in [0.15, 0.2) is 0 Å². The Balaban J connectivity index is 0. The van der Waals surface area contributed by atoms with E-state index in [2.05, 4.69) is 0 Å². The maximum absolute atomic E-state index is 11.4. The maximum Gasteiger partial charge on any atom is 0.461 e. The van der Waals surface area contributed by atoms with Crippen LogP contribution < -0.4 is 9.43 Å². The minimum Gasteiger partial charge on any atom is -1.00 e. The zero-order valence-corrected chi connectivity index (χ0v) is 8.73. The largest absolute Gasteiger partial charge is 1.00 e. The summed E-state index contributed by atoms with van der Waals surface area (Å²) >= 11 is -0.909. The average molecular weight is 296 g/mol. The lowest BCUT2D eigenvalue weighted by atomic mass is 11.5. The summed E-state index contributed by atoms with van der Waals surface area (Å²) in [6.07, 6.45) is 0. The lowest BCUT2D eigenvalue weighted by molar-refractivity contribution is -0.0335. The fraction of sp³-hybridized carbons (Fsp3) is 0.667. The fourth-order valence-electron chi connectivity index (χ4n) is 0.202. The first-order chi connectivity index (χ1) is 6.10. The molecule has 92 valence electrons. The Bertz CT molecular complexity index is 183. The van der Waals surface area contributed by atoms with E-state index in [0.717, 1.165) is 0 Å². The van der Waals surface area contributed by atoms with Gasteiger partial charge in [0.05, 0.1) is 11.9 Å². The van der Waals surface area contributed by atoms with Crippen molar-refractivity contribution in [3.05, 3.63) is 0 Å². The third-order valence-corrected chi connectivity index (χ3v) is 2.91. The van der Waals surface area contributed by atoms with Gasteiger partial charge in [-0.15, -0.1) is 0 Å². The molecule has 0 saturated heterocycles. The van der Waals surface area contributed by atoms with E-state index in [4.69, 9.17) is 0 Å². The molecule has 0 heterocycles. The van der Waals surface area contributed by atoms with Crippen LogP contribution in [0.2, 0.25) is 0 Å². The van der Waals surface area contributed by atoms with E-state index in [1.165, 1.54) is 4.72 Å². The number of amides is 1. The van der Waals surface area contributed by atoms with Crippen LogP contribution in [0, 0.1) is 0 Å². The molecule has 0 fully saturated rings. The van der Waals surface area contributed by atoms with Crippen molar-refractivity contribution in [1.29, 1.82) is 0 Å². The Morgan fingerprint density at radius 2 is 1.47 bits per heavy atom. The highest BCUT2D eigenvalue weighted by Crippen LogP contribution is 2.40. The second-order valence-electron chi connectivity index (χ2n) is 1.55. The smallest absolute Gasteiger partial charge is 0.461 e. The Labute approximate surface area is 90.8 Å². The van der Waals surface area contributed by atoms with Crippen LogP contribution in [-0.4, -0.2) is 16.3 Å². The Kier molecular flexibility index (Phi) is 7.64. The molecule has 0 aliphatic rings. The van der Waals surface area contributed by atoms with Gasteiger partial charge in [0.2, 0.25) is 0 Å². The molecular weight excluding hydrogens is 295 g/mol. The number of hydrogen-bond acceptors (Lipinski definition) is 4. The molecule has 12 heteroatoms. The fourth-order valence-corrected chi connectivity index (χ4v) is 1.65. The van der Waals surface area contributed by atoms with Crippen LogP contribution in [0.25, 0.3) is 0 Å².